The van der Waals surface area contributed by atoms with E-state index in [4.69, 9.17) is 14.2 Å². The fourth-order valence-electron chi connectivity index (χ4n) is 1.33. The molecule has 0 bridgehead atoms. The highest BCUT2D eigenvalue weighted by atomic mass is 16.6. The van der Waals surface area contributed by atoms with Crippen molar-refractivity contribution in [2.45, 2.75) is 46.1 Å². The first kappa shape index (κ1) is 18.9. The van der Waals surface area contributed by atoms with Crippen molar-refractivity contribution < 1.29 is 23.8 Å². The molecule has 0 aromatic heterocycles. The lowest BCUT2D eigenvalue weighted by Gasteiger charge is -2.19. The van der Waals surface area contributed by atoms with E-state index in [-0.39, 0.29) is 11.9 Å². The number of hydrogen-bond acceptors (Lipinski definition) is 5. The maximum Gasteiger partial charge on any atom is 0.306 e. The zero-order chi connectivity index (χ0) is 15.4. The molecule has 1 N–H and O–H groups in total. The third kappa shape index (κ3) is 14.9. The van der Waals surface area contributed by atoms with Crippen LogP contribution in [0, 0.1) is 0 Å². The SMILES string of the molecule is CC(=O)NCCOCCOCCCC(=O)OC(C)(C)C. The van der Waals surface area contributed by atoms with Crippen LogP contribution in [0.2, 0.25) is 0 Å². The van der Waals surface area contributed by atoms with Crippen molar-refractivity contribution in [1.29, 1.82) is 0 Å². The average molecular weight is 289 g/mol. The van der Waals surface area contributed by atoms with Crippen LogP contribution in [-0.4, -0.2) is 50.4 Å². The van der Waals surface area contributed by atoms with Crippen LogP contribution in [-0.2, 0) is 23.8 Å². The summed E-state index contributed by atoms with van der Waals surface area (Å²) in [5.74, 6) is -0.264. The topological polar surface area (TPSA) is 73.9 Å². The quantitative estimate of drug-likeness (QED) is 0.484. The third-order valence-corrected chi connectivity index (χ3v) is 2.08. The van der Waals surface area contributed by atoms with Crippen LogP contribution in [0.3, 0.4) is 0 Å². The molecule has 0 saturated heterocycles. The first-order valence-electron chi connectivity index (χ1n) is 6.93. The zero-order valence-electron chi connectivity index (χ0n) is 13.0. The van der Waals surface area contributed by atoms with E-state index in [1.165, 1.54) is 6.92 Å². The first-order valence-corrected chi connectivity index (χ1v) is 6.93. The van der Waals surface area contributed by atoms with Gasteiger partial charge in [-0.05, 0) is 27.2 Å². The van der Waals surface area contributed by atoms with Gasteiger partial charge in [0.2, 0.25) is 5.91 Å². The number of rotatable bonds is 10. The summed E-state index contributed by atoms with van der Waals surface area (Å²) in [6.07, 6.45) is 1.00. The summed E-state index contributed by atoms with van der Waals surface area (Å²) in [6, 6.07) is 0. The van der Waals surface area contributed by atoms with Gasteiger partial charge in [0.25, 0.3) is 0 Å². The van der Waals surface area contributed by atoms with E-state index >= 15 is 0 Å². The van der Waals surface area contributed by atoms with Crippen molar-refractivity contribution in [3.63, 3.8) is 0 Å². The number of esters is 1. The molecule has 118 valence electrons. The minimum absolute atomic E-state index is 0.0630. The molecular weight excluding hydrogens is 262 g/mol. The molecule has 0 aromatic carbocycles. The largest absolute Gasteiger partial charge is 0.460 e. The van der Waals surface area contributed by atoms with E-state index in [1.54, 1.807) is 0 Å². The smallest absolute Gasteiger partial charge is 0.306 e. The van der Waals surface area contributed by atoms with Gasteiger partial charge in [-0.1, -0.05) is 0 Å². The summed E-state index contributed by atoms with van der Waals surface area (Å²) < 4.78 is 15.7. The normalized spacial score (nSPS) is 11.2. The Morgan fingerprint density at radius 2 is 1.60 bits per heavy atom. The predicted octanol–water partition coefficient (Wildman–Crippen LogP) is 1.28. The number of carbonyl (C=O) groups excluding carboxylic acids is 2. The van der Waals surface area contributed by atoms with E-state index in [9.17, 15) is 9.59 Å². The van der Waals surface area contributed by atoms with Crippen LogP contribution < -0.4 is 5.32 Å². The highest BCUT2D eigenvalue weighted by molar-refractivity contribution is 5.72. The average Bonchev–Trinajstić information content (AvgIpc) is 2.28. The zero-order valence-corrected chi connectivity index (χ0v) is 13.0. The van der Waals surface area contributed by atoms with Gasteiger partial charge in [-0.25, -0.2) is 0 Å². The van der Waals surface area contributed by atoms with Gasteiger partial charge in [-0.3, -0.25) is 9.59 Å². The van der Waals surface area contributed by atoms with Crippen LogP contribution in [0.1, 0.15) is 40.5 Å². The molecular formula is C14H27NO5. The Balaban J connectivity index is 3.25. The molecule has 0 radical (unpaired) electrons. The second kappa shape index (κ2) is 10.6. The molecule has 1 amide bonds. The Morgan fingerprint density at radius 3 is 2.15 bits per heavy atom. The lowest BCUT2D eigenvalue weighted by molar-refractivity contribution is -0.155. The van der Waals surface area contributed by atoms with Crippen molar-refractivity contribution in [3.05, 3.63) is 0 Å². The van der Waals surface area contributed by atoms with Gasteiger partial charge in [-0.2, -0.15) is 0 Å². The van der Waals surface area contributed by atoms with Gasteiger partial charge in [0.15, 0.2) is 0 Å². The summed E-state index contributed by atoms with van der Waals surface area (Å²) in [5.41, 5.74) is -0.431. The summed E-state index contributed by atoms with van der Waals surface area (Å²) in [7, 11) is 0. The van der Waals surface area contributed by atoms with Crippen molar-refractivity contribution in [2.24, 2.45) is 0 Å². The second-order valence-electron chi connectivity index (χ2n) is 5.40. The minimum atomic E-state index is -0.431. The van der Waals surface area contributed by atoms with Crippen LogP contribution in [0.25, 0.3) is 0 Å². The van der Waals surface area contributed by atoms with Crippen LogP contribution >= 0.6 is 0 Å². The van der Waals surface area contributed by atoms with Gasteiger partial charge in [0.05, 0.1) is 19.8 Å². The molecule has 0 saturated carbocycles. The third-order valence-electron chi connectivity index (χ3n) is 2.08. The number of nitrogens with one attached hydrogen (secondary N) is 1. The molecule has 0 unspecified atom stereocenters. The summed E-state index contributed by atoms with van der Waals surface area (Å²) in [5, 5.41) is 2.63. The molecule has 0 aliphatic rings. The highest BCUT2D eigenvalue weighted by Crippen LogP contribution is 2.08. The molecule has 0 spiro atoms. The number of hydrogen-bond donors (Lipinski definition) is 1. The van der Waals surface area contributed by atoms with Gasteiger partial charge in [0.1, 0.15) is 5.60 Å². The molecule has 0 heterocycles. The number of carbonyl (C=O) groups is 2. The van der Waals surface area contributed by atoms with Crippen molar-refractivity contribution in [2.75, 3.05) is 33.0 Å². The number of amides is 1. The summed E-state index contributed by atoms with van der Waals surface area (Å²) >= 11 is 0. The van der Waals surface area contributed by atoms with Crippen LogP contribution in [0.5, 0.6) is 0 Å². The molecule has 0 aromatic rings. The van der Waals surface area contributed by atoms with Crippen molar-refractivity contribution >= 4 is 11.9 Å². The Morgan fingerprint density at radius 1 is 1.00 bits per heavy atom. The fraction of sp³-hybridized carbons (Fsp3) is 0.857. The molecule has 0 rings (SSSR count). The monoisotopic (exact) mass is 289 g/mol. The maximum atomic E-state index is 11.4. The summed E-state index contributed by atoms with van der Waals surface area (Å²) in [6.45, 7) is 9.45. The lowest BCUT2D eigenvalue weighted by atomic mass is 10.2. The highest BCUT2D eigenvalue weighted by Gasteiger charge is 2.15. The van der Waals surface area contributed by atoms with E-state index in [0.29, 0.717) is 45.8 Å². The Hall–Kier alpha value is -1.14. The van der Waals surface area contributed by atoms with Crippen molar-refractivity contribution in [1.82, 2.24) is 5.32 Å². The van der Waals surface area contributed by atoms with Gasteiger partial charge < -0.3 is 19.5 Å². The van der Waals surface area contributed by atoms with Crippen LogP contribution in [0.15, 0.2) is 0 Å². The van der Waals surface area contributed by atoms with E-state index in [2.05, 4.69) is 5.32 Å². The maximum absolute atomic E-state index is 11.4. The summed E-state index contributed by atoms with van der Waals surface area (Å²) in [4.78, 5) is 21.9. The fourth-order valence-corrected chi connectivity index (χ4v) is 1.33. The number of ether oxygens (including phenoxy) is 3. The van der Waals surface area contributed by atoms with E-state index in [0.717, 1.165) is 0 Å². The molecule has 0 fully saturated rings. The van der Waals surface area contributed by atoms with Gasteiger partial charge >= 0.3 is 5.97 Å². The predicted molar refractivity (Wildman–Crippen MR) is 75.4 cm³/mol. The molecule has 0 atom stereocenters. The molecule has 6 heteroatoms. The molecule has 6 nitrogen and oxygen atoms in total. The van der Waals surface area contributed by atoms with Gasteiger partial charge in [-0.15, -0.1) is 0 Å². The minimum Gasteiger partial charge on any atom is -0.460 e. The Bertz CT molecular complexity index is 286. The van der Waals surface area contributed by atoms with Crippen molar-refractivity contribution in [3.8, 4) is 0 Å². The van der Waals surface area contributed by atoms with Gasteiger partial charge in [0, 0.05) is 26.5 Å². The Labute approximate surface area is 121 Å². The molecule has 0 aliphatic heterocycles. The second-order valence-corrected chi connectivity index (χ2v) is 5.40. The van der Waals surface area contributed by atoms with E-state index in [1.807, 2.05) is 20.8 Å². The molecule has 20 heavy (non-hydrogen) atoms. The van der Waals surface area contributed by atoms with E-state index < -0.39 is 5.60 Å². The standard InChI is InChI=1S/C14H27NO5/c1-12(16)15-7-9-19-11-10-18-8-5-6-13(17)20-14(2,3)4/h5-11H2,1-4H3,(H,15,16). The lowest BCUT2D eigenvalue weighted by Crippen LogP contribution is -2.25. The Kier molecular flexibility index (Phi) is 10.0. The first-order chi connectivity index (χ1) is 9.31. The van der Waals surface area contributed by atoms with Crippen LogP contribution in [0.4, 0.5) is 0 Å². The molecule has 0 aliphatic carbocycles.